The SMILES string of the molecule is C[C@@H]1CC[C@H]2C(C)(C)[C@@H]3C[C@@]12C[C@@H]1OC(C)(C)O[C@]13C. The molecular formula is C18H30O2. The highest BCUT2D eigenvalue weighted by Crippen LogP contribution is 2.75. The molecule has 114 valence electrons. The molecule has 20 heavy (non-hydrogen) atoms. The molecule has 0 radical (unpaired) electrons. The average Bonchev–Trinajstić information content (AvgIpc) is 2.80. The number of ether oxygens (including phenoxy) is 2. The lowest BCUT2D eigenvalue weighted by Gasteiger charge is -2.47. The molecule has 1 heterocycles. The zero-order valence-electron chi connectivity index (χ0n) is 14.0. The van der Waals surface area contributed by atoms with Gasteiger partial charge in [0.1, 0.15) is 0 Å². The van der Waals surface area contributed by atoms with E-state index in [0.29, 0.717) is 22.9 Å². The van der Waals surface area contributed by atoms with Crippen LogP contribution in [-0.4, -0.2) is 17.5 Å². The topological polar surface area (TPSA) is 18.5 Å². The van der Waals surface area contributed by atoms with Crippen LogP contribution in [0.3, 0.4) is 0 Å². The van der Waals surface area contributed by atoms with Gasteiger partial charge in [0.2, 0.25) is 0 Å². The Morgan fingerprint density at radius 3 is 2.30 bits per heavy atom. The lowest BCUT2D eigenvalue weighted by molar-refractivity contribution is -0.177. The van der Waals surface area contributed by atoms with Gasteiger partial charge >= 0.3 is 0 Å². The first-order valence-corrected chi connectivity index (χ1v) is 8.50. The Morgan fingerprint density at radius 1 is 0.900 bits per heavy atom. The molecule has 4 rings (SSSR count). The average molecular weight is 278 g/mol. The van der Waals surface area contributed by atoms with Gasteiger partial charge in [0.15, 0.2) is 5.79 Å². The molecule has 4 aliphatic rings. The summed E-state index contributed by atoms with van der Waals surface area (Å²) in [5.41, 5.74) is 0.836. The molecule has 6 atom stereocenters. The van der Waals surface area contributed by atoms with Crippen LogP contribution in [0, 0.1) is 28.6 Å². The molecule has 1 spiro atoms. The van der Waals surface area contributed by atoms with Gasteiger partial charge in [-0.25, -0.2) is 0 Å². The van der Waals surface area contributed by atoms with E-state index in [1.165, 1.54) is 25.7 Å². The second kappa shape index (κ2) is 3.46. The van der Waals surface area contributed by atoms with E-state index >= 15 is 0 Å². The molecule has 2 heteroatoms. The van der Waals surface area contributed by atoms with E-state index in [-0.39, 0.29) is 5.60 Å². The van der Waals surface area contributed by atoms with E-state index in [1.54, 1.807) is 0 Å². The fraction of sp³-hybridized carbons (Fsp3) is 1.00. The van der Waals surface area contributed by atoms with Gasteiger partial charge in [-0.3, -0.25) is 0 Å². The second-order valence-electron chi connectivity index (χ2n) is 9.34. The lowest BCUT2D eigenvalue weighted by Crippen LogP contribution is -2.52. The van der Waals surface area contributed by atoms with Gasteiger partial charge in [-0.05, 0) is 75.0 Å². The Morgan fingerprint density at radius 2 is 1.60 bits per heavy atom. The van der Waals surface area contributed by atoms with Crippen LogP contribution in [0.25, 0.3) is 0 Å². The number of rotatable bonds is 0. The number of hydrogen-bond acceptors (Lipinski definition) is 2. The molecule has 0 aromatic carbocycles. The molecule has 4 fully saturated rings. The molecule has 1 aliphatic heterocycles. The second-order valence-corrected chi connectivity index (χ2v) is 9.34. The van der Waals surface area contributed by atoms with Crippen LogP contribution in [0.4, 0.5) is 0 Å². The van der Waals surface area contributed by atoms with Crippen molar-refractivity contribution in [3.63, 3.8) is 0 Å². The summed E-state index contributed by atoms with van der Waals surface area (Å²) in [6.07, 6.45) is 5.70. The normalized spacial score (nSPS) is 58.5. The smallest absolute Gasteiger partial charge is 0.164 e. The van der Waals surface area contributed by atoms with Crippen LogP contribution < -0.4 is 0 Å². The van der Waals surface area contributed by atoms with Crippen molar-refractivity contribution < 1.29 is 9.47 Å². The van der Waals surface area contributed by atoms with E-state index in [2.05, 4.69) is 41.5 Å². The monoisotopic (exact) mass is 278 g/mol. The van der Waals surface area contributed by atoms with Crippen molar-refractivity contribution in [1.29, 1.82) is 0 Å². The summed E-state index contributed by atoms with van der Waals surface area (Å²) in [5, 5.41) is 0. The summed E-state index contributed by atoms with van der Waals surface area (Å²) in [5.74, 6) is 1.96. The Hall–Kier alpha value is -0.0800. The fourth-order valence-electron chi connectivity index (χ4n) is 7.01. The Labute approximate surface area is 123 Å². The molecule has 0 aromatic rings. The molecule has 0 amide bonds. The van der Waals surface area contributed by atoms with E-state index in [0.717, 1.165) is 11.8 Å². The van der Waals surface area contributed by atoms with E-state index < -0.39 is 5.79 Å². The predicted molar refractivity (Wildman–Crippen MR) is 79.3 cm³/mol. The van der Waals surface area contributed by atoms with Gasteiger partial charge in [0.05, 0.1) is 11.7 Å². The fourth-order valence-corrected chi connectivity index (χ4v) is 7.01. The lowest BCUT2D eigenvalue weighted by atomic mass is 9.63. The highest BCUT2D eigenvalue weighted by molar-refractivity contribution is 5.21. The van der Waals surface area contributed by atoms with Crippen LogP contribution in [0.15, 0.2) is 0 Å². The minimum absolute atomic E-state index is 0.0810. The van der Waals surface area contributed by atoms with Crippen LogP contribution in [-0.2, 0) is 9.47 Å². The maximum atomic E-state index is 6.48. The summed E-state index contributed by atoms with van der Waals surface area (Å²) in [4.78, 5) is 0. The van der Waals surface area contributed by atoms with E-state index in [9.17, 15) is 0 Å². The Bertz CT molecular complexity index is 454. The molecule has 1 saturated heterocycles. The zero-order chi connectivity index (χ0) is 14.6. The highest BCUT2D eigenvalue weighted by atomic mass is 16.8. The first-order valence-electron chi connectivity index (χ1n) is 8.50. The minimum Gasteiger partial charge on any atom is -0.344 e. The third-order valence-electron chi connectivity index (χ3n) is 7.73. The molecular weight excluding hydrogens is 248 g/mol. The molecule has 0 aromatic heterocycles. The van der Waals surface area contributed by atoms with Crippen molar-refractivity contribution in [1.82, 2.24) is 0 Å². The minimum atomic E-state index is -0.409. The highest BCUT2D eigenvalue weighted by Gasteiger charge is 2.73. The third kappa shape index (κ3) is 1.34. The molecule has 2 nitrogen and oxygen atoms in total. The quantitative estimate of drug-likeness (QED) is 0.654. The molecule has 2 bridgehead atoms. The van der Waals surface area contributed by atoms with Crippen molar-refractivity contribution >= 4 is 0 Å². The molecule has 3 saturated carbocycles. The maximum Gasteiger partial charge on any atom is 0.164 e. The number of hydrogen-bond donors (Lipinski definition) is 0. The summed E-state index contributed by atoms with van der Waals surface area (Å²) < 4.78 is 12.8. The van der Waals surface area contributed by atoms with Crippen LogP contribution in [0.1, 0.15) is 67.2 Å². The summed E-state index contributed by atoms with van der Waals surface area (Å²) in [7, 11) is 0. The van der Waals surface area contributed by atoms with Gasteiger partial charge in [-0.2, -0.15) is 0 Å². The summed E-state index contributed by atoms with van der Waals surface area (Å²) in [6.45, 7) is 14.0. The number of fused-ring (bicyclic) bond motifs is 3. The van der Waals surface area contributed by atoms with Crippen LogP contribution in [0.2, 0.25) is 0 Å². The Balaban J connectivity index is 1.82. The van der Waals surface area contributed by atoms with Gasteiger partial charge in [-0.1, -0.05) is 20.8 Å². The first kappa shape index (κ1) is 13.6. The van der Waals surface area contributed by atoms with E-state index in [1.807, 2.05) is 0 Å². The van der Waals surface area contributed by atoms with Crippen molar-refractivity contribution in [2.75, 3.05) is 0 Å². The van der Waals surface area contributed by atoms with Gasteiger partial charge in [-0.15, -0.1) is 0 Å². The largest absolute Gasteiger partial charge is 0.344 e. The molecule has 3 aliphatic carbocycles. The van der Waals surface area contributed by atoms with Crippen molar-refractivity contribution in [2.45, 2.75) is 84.7 Å². The summed E-state index contributed by atoms with van der Waals surface area (Å²) >= 11 is 0. The van der Waals surface area contributed by atoms with Crippen molar-refractivity contribution in [2.24, 2.45) is 28.6 Å². The standard InChI is InChI=1S/C18H30O2/c1-11-7-8-12-15(2,3)13-9-18(11,12)10-14-17(13,6)20-16(4,5)19-14/h11-14H,7-10H2,1-6H3/t11-,12+,13+,14+,17+,18-/m1/s1. The predicted octanol–water partition coefficient (Wildman–Crippen LogP) is 4.38. The maximum absolute atomic E-state index is 6.48. The van der Waals surface area contributed by atoms with Gasteiger partial charge in [0, 0.05) is 0 Å². The van der Waals surface area contributed by atoms with Gasteiger partial charge < -0.3 is 9.47 Å². The van der Waals surface area contributed by atoms with E-state index in [4.69, 9.17) is 9.47 Å². The molecule has 0 unspecified atom stereocenters. The summed E-state index contributed by atoms with van der Waals surface area (Å²) in [6, 6.07) is 0. The Kier molecular flexibility index (Phi) is 2.35. The van der Waals surface area contributed by atoms with Crippen LogP contribution in [0.5, 0.6) is 0 Å². The first-order chi connectivity index (χ1) is 9.12. The molecule has 0 N–H and O–H groups in total. The van der Waals surface area contributed by atoms with Crippen LogP contribution >= 0.6 is 0 Å². The third-order valence-corrected chi connectivity index (χ3v) is 7.73. The zero-order valence-corrected chi connectivity index (χ0v) is 14.0. The van der Waals surface area contributed by atoms with Crippen molar-refractivity contribution in [3.8, 4) is 0 Å². The van der Waals surface area contributed by atoms with Gasteiger partial charge in [0.25, 0.3) is 0 Å². The van der Waals surface area contributed by atoms with Crippen molar-refractivity contribution in [3.05, 3.63) is 0 Å².